The van der Waals surface area contributed by atoms with Gasteiger partial charge in [-0.2, -0.15) is 8.75 Å². The van der Waals surface area contributed by atoms with Crippen molar-refractivity contribution >= 4 is 28.6 Å². The monoisotopic (exact) mass is 341 g/mol. The molecule has 3 heterocycles. The van der Waals surface area contributed by atoms with Gasteiger partial charge in [-0.1, -0.05) is 6.07 Å². The lowest BCUT2D eigenvalue weighted by molar-refractivity contribution is 0.193. The van der Waals surface area contributed by atoms with Gasteiger partial charge >= 0.3 is 0 Å². The first-order valence-electron chi connectivity index (χ1n) is 8.05. The number of anilines is 1. The number of nitrogens with zero attached hydrogens (tertiary/aromatic N) is 5. The van der Waals surface area contributed by atoms with Gasteiger partial charge in [-0.05, 0) is 31.0 Å². The average molecular weight is 341 g/mol. The number of fused-ring (bicyclic) bond motifs is 1. The second-order valence-electron chi connectivity index (χ2n) is 6.20. The molecule has 124 valence electrons. The smallest absolute Gasteiger partial charge is 0.132 e. The predicted octanol–water partition coefficient (Wildman–Crippen LogP) is 2.93. The minimum absolute atomic E-state index is 0.385. The first-order chi connectivity index (χ1) is 11.7. The largest absolute Gasteiger partial charge is 0.381 e. The lowest BCUT2D eigenvalue weighted by Crippen LogP contribution is -2.19. The highest BCUT2D eigenvalue weighted by molar-refractivity contribution is 7.00. The minimum atomic E-state index is 0.385. The van der Waals surface area contributed by atoms with Crippen LogP contribution in [0.25, 0.3) is 11.0 Å². The van der Waals surface area contributed by atoms with Crippen molar-refractivity contribution in [3.63, 3.8) is 0 Å². The molecular formula is C17H19N5OS. The Balaban J connectivity index is 1.57. The summed E-state index contributed by atoms with van der Waals surface area (Å²) in [5.74, 6) is 2.14. The third kappa shape index (κ3) is 3.09. The van der Waals surface area contributed by atoms with Crippen molar-refractivity contribution < 1.29 is 4.74 Å². The van der Waals surface area contributed by atoms with Crippen LogP contribution >= 0.6 is 11.7 Å². The predicted molar refractivity (Wildman–Crippen MR) is 94.5 cm³/mol. The van der Waals surface area contributed by atoms with E-state index in [-0.39, 0.29) is 0 Å². The average Bonchev–Trinajstić information content (AvgIpc) is 3.25. The van der Waals surface area contributed by atoms with Crippen LogP contribution in [0.3, 0.4) is 0 Å². The Kier molecular flexibility index (Phi) is 4.12. The molecule has 6 nitrogen and oxygen atoms in total. The summed E-state index contributed by atoms with van der Waals surface area (Å²) >= 11 is 1.25. The molecule has 1 saturated heterocycles. The molecule has 0 aliphatic carbocycles. The first-order valence-corrected chi connectivity index (χ1v) is 8.78. The molecule has 3 aromatic rings. The van der Waals surface area contributed by atoms with Gasteiger partial charge in [0.1, 0.15) is 22.7 Å². The van der Waals surface area contributed by atoms with E-state index in [2.05, 4.69) is 48.9 Å². The van der Waals surface area contributed by atoms with Crippen LogP contribution in [-0.2, 0) is 11.3 Å². The van der Waals surface area contributed by atoms with Crippen molar-refractivity contribution in [2.45, 2.75) is 25.8 Å². The molecule has 4 rings (SSSR count). The molecule has 1 aliphatic heterocycles. The maximum atomic E-state index is 5.49. The fraction of sp³-hybridized carbons (Fsp3) is 0.412. The quantitative estimate of drug-likeness (QED) is 0.727. The van der Waals surface area contributed by atoms with E-state index in [1.54, 1.807) is 0 Å². The van der Waals surface area contributed by atoms with Gasteiger partial charge in [0, 0.05) is 32.2 Å². The van der Waals surface area contributed by atoms with Crippen molar-refractivity contribution in [2.75, 3.05) is 25.2 Å². The SMILES string of the molecule is Cc1nc([C@H]2CCOC2)cc(N(C)Cc2ccc3nsnc3c2)n1. The summed E-state index contributed by atoms with van der Waals surface area (Å²) in [6, 6.07) is 8.30. The Bertz CT molecular complexity index is 859. The van der Waals surface area contributed by atoms with Crippen LogP contribution in [-0.4, -0.2) is 39.0 Å². The van der Waals surface area contributed by atoms with Gasteiger partial charge in [-0.15, -0.1) is 0 Å². The zero-order valence-corrected chi connectivity index (χ0v) is 14.6. The fourth-order valence-electron chi connectivity index (χ4n) is 3.03. The van der Waals surface area contributed by atoms with E-state index in [1.807, 2.05) is 13.0 Å². The highest BCUT2D eigenvalue weighted by atomic mass is 32.1. The molecule has 7 heteroatoms. The standard InChI is InChI=1S/C17H19N5OS/c1-11-18-15(13-5-6-23-10-13)8-17(19-11)22(2)9-12-3-4-14-16(7-12)21-24-20-14/h3-4,7-8,13H,5-6,9-10H2,1-2H3/t13-/m0/s1. The maximum absolute atomic E-state index is 5.49. The van der Waals surface area contributed by atoms with Crippen molar-refractivity contribution in [3.05, 3.63) is 41.3 Å². The number of ether oxygens (including phenoxy) is 1. The van der Waals surface area contributed by atoms with Gasteiger partial charge in [-0.25, -0.2) is 9.97 Å². The van der Waals surface area contributed by atoms with Gasteiger partial charge in [0.15, 0.2) is 0 Å². The zero-order chi connectivity index (χ0) is 16.5. The van der Waals surface area contributed by atoms with Gasteiger partial charge in [0.05, 0.1) is 24.0 Å². The van der Waals surface area contributed by atoms with Crippen LogP contribution in [0.5, 0.6) is 0 Å². The molecule has 0 saturated carbocycles. The number of aryl methyl sites for hydroxylation is 1. The molecule has 24 heavy (non-hydrogen) atoms. The molecule has 1 atom stereocenters. The summed E-state index contributed by atoms with van der Waals surface area (Å²) in [7, 11) is 2.06. The molecule has 2 aromatic heterocycles. The fourth-order valence-corrected chi connectivity index (χ4v) is 3.55. The van der Waals surface area contributed by atoms with Crippen LogP contribution in [0.15, 0.2) is 24.3 Å². The van der Waals surface area contributed by atoms with Gasteiger partial charge < -0.3 is 9.64 Å². The van der Waals surface area contributed by atoms with Crippen LogP contribution in [0, 0.1) is 6.92 Å². The number of hydrogen-bond donors (Lipinski definition) is 0. The van der Waals surface area contributed by atoms with Gasteiger partial charge in [-0.3, -0.25) is 0 Å². The summed E-state index contributed by atoms with van der Waals surface area (Å²) in [5, 5.41) is 0. The normalized spacial score (nSPS) is 17.5. The highest BCUT2D eigenvalue weighted by Gasteiger charge is 2.21. The van der Waals surface area contributed by atoms with Gasteiger partial charge in [0.25, 0.3) is 0 Å². The lowest BCUT2D eigenvalue weighted by atomic mass is 10.0. The van der Waals surface area contributed by atoms with Crippen molar-refractivity contribution in [2.24, 2.45) is 0 Å². The Morgan fingerprint density at radius 2 is 2.08 bits per heavy atom. The Morgan fingerprint density at radius 1 is 1.21 bits per heavy atom. The van der Waals surface area contributed by atoms with E-state index in [9.17, 15) is 0 Å². The van der Waals surface area contributed by atoms with Crippen LogP contribution < -0.4 is 4.90 Å². The molecule has 0 spiro atoms. The molecule has 1 aromatic carbocycles. The molecule has 0 unspecified atom stereocenters. The molecule has 0 bridgehead atoms. The van der Waals surface area contributed by atoms with Gasteiger partial charge in [0.2, 0.25) is 0 Å². The van der Waals surface area contributed by atoms with Crippen LogP contribution in [0.1, 0.15) is 29.4 Å². The van der Waals surface area contributed by atoms with Crippen molar-refractivity contribution in [1.29, 1.82) is 0 Å². The Morgan fingerprint density at radius 3 is 2.92 bits per heavy atom. The molecule has 0 amide bonds. The summed E-state index contributed by atoms with van der Waals surface area (Å²) in [5.41, 5.74) is 4.18. The third-order valence-electron chi connectivity index (χ3n) is 4.32. The second-order valence-corrected chi connectivity index (χ2v) is 6.73. The van der Waals surface area contributed by atoms with Crippen LogP contribution in [0.4, 0.5) is 5.82 Å². The third-order valence-corrected chi connectivity index (χ3v) is 4.88. The number of aromatic nitrogens is 4. The van der Waals surface area contributed by atoms with E-state index in [0.717, 1.165) is 54.5 Å². The van der Waals surface area contributed by atoms with Crippen molar-refractivity contribution in [1.82, 2.24) is 18.7 Å². The van der Waals surface area contributed by atoms with Crippen LogP contribution in [0.2, 0.25) is 0 Å². The molecule has 1 fully saturated rings. The van der Waals surface area contributed by atoms with E-state index in [1.165, 1.54) is 17.3 Å². The molecule has 1 aliphatic rings. The topological polar surface area (TPSA) is 64.0 Å². The Hall–Kier alpha value is -2.12. The second kappa shape index (κ2) is 6.41. The first kappa shape index (κ1) is 15.4. The van der Waals surface area contributed by atoms with E-state index in [4.69, 9.17) is 4.74 Å². The number of benzene rings is 1. The number of rotatable bonds is 4. The zero-order valence-electron chi connectivity index (χ0n) is 13.8. The van der Waals surface area contributed by atoms with E-state index >= 15 is 0 Å². The summed E-state index contributed by atoms with van der Waals surface area (Å²) in [6.45, 7) is 4.29. The Labute approximate surface area is 144 Å². The number of hydrogen-bond acceptors (Lipinski definition) is 7. The highest BCUT2D eigenvalue weighted by Crippen LogP contribution is 2.26. The molecular weight excluding hydrogens is 322 g/mol. The van der Waals surface area contributed by atoms with E-state index in [0.29, 0.717) is 5.92 Å². The lowest BCUT2D eigenvalue weighted by Gasteiger charge is -2.20. The summed E-state index contributed by atoms with van der Waals surface area (Å²) in [4.78, 5) is 11.4. The minimum Gasteiger partial charge on any atom is -0.381 e. The molecule has 0 N–H and O–H groups in total. The molecule has 0 radical (unpaired) electrons. The van der Waals surface area contributed by atoms with E-state index < -0.39 is 0 Å². The van der Waals surface area contributed by atoms with Crippen molar-refractivity contribution in [3.8, 4) is 0 Å². The maximum Gasteiger partial charge on any atom is 0.132 e. The summed E-state index contributed by atoms with van der Waals surface area (Å²) in [6.07, 6.45) is 1.03. The summed E-state index contributed by atoms with van der Waals surface area (Å²) < 4.78 is 14.1.